The highest BCUT2D eigenvalue weighted by Gasteiger charge is 2.27. The fourth-order valence-electron chi connectivity index (χ4n) is 1.68. The molecule has 1 fully saturated rings. The third-order valence-electron chi connectivity index (χ3n) is 2.84. The van der Waals surface area contributed by atoms with Crippen molar-refractivity contribution in [2.24, 2.45) is 11.8 Å². The second-order valence-corrected chi connectivity index (χ2v) is 4.88. The summed E-state index contributed by atoms with van der Waals surface area (Å²) in [6.45, 7) is 4.39. The van der Waals surface area contributed by atoms with Crippen molar-refractivity contribution in [1.29, 1.82) is 0 Å². The van der Waals surface area contributed by atoms with Gasteiger partial charge in [0.25, 0.3) is 0 Å². The highest BCUT2D eigenvalue weighted by Crippen LogP contribution is 2.31. The Bertz CT molecular complexity index is 158. The lowest BCUT2D eigenvalue weighted by molar-refractivity contribution is 0.277. The molecule has 0 bridgehead atoms. The zero-order chi connectivity index (χ0) is 8.43. The van der Waals surface area contributed by atoms with E-state index in [1.807, 2.05) is 0 Å². The summed E-state index contributed by atoms with van der Waals surface area (Å²) in [7, 11) is 0. The molecule has 0 aromatic heterocycles. The maximum absolute atomic E-state index is 10.7. The van der Waals surface area contributed by atoms with Gasteiger partial charge in [0.1, 0.15) is 0 Å². The zero-order valence-corrected chi connectivity index (χ0v) is 7.93. The van der Waals surface area contributed by atoms with Crippen LogP contribution in [0.4, 0.5) is 0 Å². The molecule has 1 aliphatic rings. The van der Waals surface area contributed by atoms with Crippen LogP contribution in [0, 0.1) is 11.8 Å². The van der Waals surface area contributed by atoms with E-state index in [2.05, 4.69) is 13.8 Å². The van der Waals surface area contributed by atoms with Crippen LogP contribution in [-0.4, -0.2) is 14.0 Å². The van der Waals surface area contributed by atoms with Crippen molar-refractivity contribution in [2.75, 3.05) is 0 Å². The van der Waals surface area contributed by atoms with Gasteiger partial charge < -0.3 is 4.55 Å². The highest BCUT2D eigenvalue weighted by molar-refractivity contribution is 7.79. The maximum atomic E-state index is 10.7. The van der Waals surface area contributed by atoms with Crippen molar-refractivity contribution < 1.29 is 8.76 Å². The Labute approximate surface area is 70.7 Å². The Morgan fingerprint density at radius 2 is 1.91 bits per heavy atom. The molecular weight excluding hydrogens is 160 g/mol. The molecule has 0 aliphatic heterocycles. The molecule has 0 amide bonds. The predicted octanol–water partition coefficient (Wildman–Crippen LogP) is 2.03. The summed E-state index contributed by atoms with van der Waals surface area (Å²) in [5.41, 5.74) is 0. The van der Waals surface area contributed by atoms with E-state index in [1.54, 1.807) is 0 Å². The van der Waals surface area contributed by atoms with E-state index in [0.717, 1.165) is 25.2 Å². The van der Waals surface area contributed by atoms with Gasteiger partial charge >= 0.3 is 0 Å². The van der Waals surface area contributed by atoms with Gasteiger partial charge in [0.05, 0.1) is 5.25 Å². The van der Waals surface area contributed by atoms with Crippen molar-refractivity contribution in [3.8, 4) is 0 Å². The van der Waals surface area contributed by atoms with E-state index in [-0.39, 0.29) is 5.25 Å². The third-order valence-corrected chi connectivity index (χ3v) is 3.83. The maximum Gasteiger partial charge on any atom is 0.155 e. The summed E-state index contributed by atoms with van der Waals surface area (Å²) >= 11 is -1.59. The van der Waals surface area contributed by atoms with Gasteiger partial charge in [-0.1, -0.05) is 13.8 Å². The highest BCUT2D eigenvalue weighted by atomic mass is 32.2. The van der Waals surface area contributed by atoms with Crippen LogP contribution in [0.15, 0.2) is 0 Å². The topological polar surface area (TPSA) is 37.3 Å². The van der Waals surface area contributed by atoms with Gasteiger partial charge in [0, 0.05) is 0 Å². The Morgan fingerprint density at radius 3 is 2.36 bits per heavy atom. The molecular formula is C8H16O2S. The van der Waals surface area contributed by atoms with Crippen molar-refractivity contribution in [3.05, 3.63) is 0 Å². The van der Waals surface area contributed by atoms with E-state index in [9.17, 15) is 4.21 Å². The summed E-state index contributed by atoms with van der Waals surface area (Å²) < 4.78 is 19.6. The molecule has 3 heteroatoms. The molecule has 1 N–H and O–H groups in total. The minimum atomic E-state index is -1.59. The van der Waals surface area contributed by atoms with Gasteiger partial charge in [-0.3, -0.25) is 0 Å². The van der Waals surface area contributed by atoms with Crippen LogP contribution in [0.3, 0.4) is 0 Å². The molecule has 0 radical (unpaired) electrons. The van der Waals surface area contributed by atoms with Crippen LogP contribution < -0.4 is 0 Å². The van der Waals surface area contributed by atoms with E-state index < -0.39 is 11.1 Å². The largest absolute Gasteiger partial charge is 0.306 e. The first-order valence-electron chi connectivity index (χ1n) is 4.21. The fourth-order valence-corrected chi connectivity index (χ4v) is 2.49. The molecule has 0 aromatic rings. The summed E-state index contributed by atoms with van der Waals surface area (Å²) in [5.74, 6) is 1.35. The molecule has 1 aliphatic carbocycles. The third kappa shape index (κ3) is 2.27. The predicted molar refractivity (Wildman–Crippen MR) is 46.7 cm³/mol. The SMILES string of the molecule is CC1CC[C@@H](S(=O)O)C[C@H]1C. The molecule has 0 heterocycles. The van der Waals surface area contributed by atoms with Gasteiger partial charge in [0.2, 0.25) is 0 Å². The van der Waals surface area contributed by atoms with Crippen LogP contribution in [-0.2, 0) is 11.1 Å². The summed E-state index contributed by atoms with van der Waals surface area (Å²) in [6.07, 6.45) is 2.96. The zero-order valence-electron chi connectivity index (χ0n) is 7.12. The van der Waals surface area contributed by atoms with E-state index in [0.29, 0.717) is 5.92 Å². The molecule has 11 heavy (non-hydrogen) atoms. The lowest BCUT2D eigenvalue weighted by atomic mass is 9.81. The van der Waals surface area contributed by atoms with Gasteiger partial charge in [-0.05, 0) is 31.1 Å². The standard InChI is InChI=1S/C8H16O2S/c1-6-3-4-8(11(9)10)5-7(6)2/h6-8H,3-5H2,1-2H3,(H,9,10)/t6?,7-,8-/m1/s1. The molecule has 2 unspecified atom stereocenters. The van der Waals surface area contributed by atoms with Crippen molar-refractivity contribution in [1.82, 2.24) is 0 Å². The minimum Gasteiger partial charge on any atom is -0.306 e. The van der Waals surface area contributed by atoms with Crippen molar-refractivity contribution in [3.63, 3.8) is 0 Å². The normalized spacial score (nSPS) is 41.9. The Kier molecular flexibility index (Phi) is 3.07. The second kappa shape index (κ2) is 3.68. The summed E-state index contributed by atoms with van der Waals surface area (Å²) in [6, 6.07) is 0. The number of rotatable bonds is 1. The molecule has 1 saturated carbocycles. The van der Waals surface area contributed by atoms with Gasteiger partial charge in [-0.2, -0.15) is 0 Å². The van der Waals surface area contributed by atoms with Crippen LogP contribution in [0.2, 0.25) is 0 Å². The lowest BCUT2D eigenvalue weighted by Crippen LogP contribution is -2.27. The van der Waals surface area contributed by atoms with E-state index in [4.69, 9.17) is 4.55 Å². The van der Waals surface area contributed by atoms with Gasteiger partial charge in [-0.15, -0.1) is 0 Å². The van der Waals surface area contributed by atoms with Crippen molar-refractivity contribution in [2.45, 2.75) is 38.4 Å². The average Bonchev–Trinajstić information content (AvgIpc) is 1.94. The Morgan fingerprint density at radius 1 is 1.27 bits per heavy atom. The Balaban J connectivity index is 2.46. The van der Waals surface area contributed by atoms with E-state index in [1.165, 1.54) is 0 Å². The molecule has 1 rings (SSSR count). The molecule has 4 atom stereocenters. The summed E-state index contributed by atoms with van der Waals surface area (Å²) in [5, 5.41) is 0.0428. The Hall–Kier alpha value is 0.110. The van der Waals surface area contributed by atoms with Crippen LogP contribution in [0.5, 0.6) is 0 Å². The van der Waals surface area contributed by atoms with E-state index >= 15 is 0 Å². The quantitative estimate of drug-likeness (QED) is 0.621. The monoisotopic (exact) mass is 176 g/mol. The lowest BCUT2D eigenvalue weighted by Gasteiger charge is -2.29. The minimum absolute atomic E-state index is 0.0428. The number of hydrogen-bond acceptors (Lipinski definition) is 1. The van der Waals surface area contributed by atoms with Crippen molar-refractivity contribution >= 4 is 11.1 Å². The first-order chi connectivity index (χ1) is 5.11. The van der Waals surface area contributed by atoms with Crippen LogP contribution in [0.1, 0.15) is 33.1 Å². The molecule has 0 saturated heterocycles. The van der Waals surface area contributed by atoms with Crippen LogP contribution >= 0.6 is 0 Å². The number of hydrogen-bond donors (Lipinski definition) is 1. The smallest absolute Gasteiger partial charge is 0.155 e. The molecule has 0 aromatic carbocycles. The average molecular weight is 176 g/mol. The van der Waals surface area contributed by atoms with Gasteiger partial charge in [0.15, 0.2) is 11.1 Å². The molecule has 0 spiro atoms. The van der Waals surface area contributed by atoms with Crippen LogP contribution in [0.25, 0.3) is 0 Å². The summed E-state index contributed by atoms with van der Waals surface area (Å²) in [4.78, 5) is 0. The first-order valence-corrected chi connectivity index (χ1v) is 5.38. The first kappa shape index (κ1) is 9.20. The molecule has 2 nitrogen and oxygen atoms in total. The van der Waals surface area contributed by atoms with Gasteiger partial charge in [-0.25, -0.2) is 4.21 Å². The fraction of sp³-hybridized carbons (Fsp3) is 1.00. The molecule has 66 valence electrons. The second-order valence-electron chi connectivity index (χ2n) is 3.67.